The fourth-order valence-electron chi connectivity index (χ4n) is 3.98. The van der Waals surface area contributed by atoms with E-state index in [2.05, 4.69) is 26.5 Å². The summed E-state index contributed by atoms with van der Waals surface area (Å²) >= 11 is 3.36. The first-order chi connectivity index (χ1) is 18.1. The van der Waals surface area contributed by atoms with Gasteiger partial charge in [0.1, 0.15) is 11.8 Å². The Morgan fingerprint density at radius 2 is 1.55 bits per heavy atom. The summed E-state index contributed by atoms with van der Waals surface area (Å²) in [5.41, 5.74) is 2.93. The van der Waals surface area contributed by atoms with Crippen LogP contribution in [0.1, 0.15) is 5.56 Å². The van der Waals surface area contributed by atoms with Gasteiger partial charge in [-0.3, -0.25) is 4.79 Å². The number of rotatable bonds is 8. The van der Waals surface area contributed by atoms with E-state index in [9.17, 15) is 21.6 Å². The van der Waals surface area contributed by atoms with Crippen LogP contribution in [0.15, 0.2) is 98.2 Å². The Hall–Kier alpha value is -3.10. The van der Waals surface area contributed by atoms with Crippen LogP contribution < -0.4 is 10.2 Å². The predicted octanol–water partition coefficient (Wildman–Crippen LogP) is 2.67. The van der Waals surface area contributed by atoms with E-state index in [1.807, 2.05) is 0 Å². The SMILES string of the molecule is COc1ccc(Br)cc1/C=N\NC(=O)[C@H]1CN(S(=O)(=O)c2ccccc2)CCN1S(=O)(=O)c1ccccc1. The molecule has 1 amide bonds. The van der Waals surface area contributed by atoms with Crippen molar-refractivity contribution in [2.24, 2.45) is 5.10 Å². The molecule has 1 aliphatic rings. The minimum Gasteiger partial charge on any atom is -0.496 e. The molecule has 1 atom stereocenters. The number of halogens is 1. The Bertz CT molecular complexity index is 1530. The van der Waals surface area contributed by atoms with Gasteiger partial charge in [0.15, 0.2) is 0 Å². The van der Waals surface area contributed by atoms with Crippen LogP contribution in [0.25, 0.3) is 0 Å². The van der Waals surface area contributed by atoms with Crippen molar-refractivity contribution in [1.29, 1.82) is 0 Å². The van der Waals surface area contributed by atoms with Gasteiger partial charge in [-0.2, -0.15) is 13.7 Å². The number of benzene rings is 3. The highest BCUT2D eigenvalue weighted by molar-refractivity contribution is 9.10. The van der Waals surface area contributed by atoms with Crippen molar-refractivity contribution in [3.05, 3.63) is 88.9 Å². The maximum atomic E-state index is 13.5. The molecule has 1 saturated heterocycles. The zero-order valence-electron chi connectivity index (χ0n) is 20.3. The smallest absolute Gasteiger partial charge is 0.259 e. The Labute approximate surface area is 230 Å². The summed E-state index contributed by atoms with van der Waals surface area (Å²) in [7, 11) is -6.58. The molecule has 1 heterocycles. The zero-order valence-corrected chi connectivity index (χ0v) is 23.5. The van der Waals surface area contributed by atoms with Gasteiger partial charge in [-0.25, -0.2) is 22.3 Å². The second kappa shape index (κ2) is 11.7. The molecule has 1 fully saturated rings. The van der Waals surface area contributed by atoms with Crippen molar-refractivity contribution >= 4 is 48.1 Å². The lowest BCUT2D eigenvalue weighted by Gasteiger charge is -2.38. The fraction of sp³-hybridized carbons (Fsp3) is 0.200. The first-order valence-corrected chi connectivity index (χ1v) is 15.1. The minimum absolute atomic E-state index is 0.000426. The number of hydrazone groups is 1. The summed E-state index contributed by atoms with van der Waals surface area (Å²) in [5.74, 6) is -0.264. The average Bonchev–Trinajstić information content (AvgIpc) is 2.93. The number of amides is 1. The number of carbonyl (C=O) groups is 1. The molecule has 0 saturated carbocycles. The number of sulfonamides is 2. The van der Waals surface area contributed by atoms with Gasteiger partial charge in [-0.05, 0) is 42.5 Å². The van der Waals surface area contributed by atoms with Gasteiger partial charge in [0, 0.05) is 29.7 Å². The lowest BCUT2D eigenvalue weighted by molar-refractivity contribution is -0.125. The number of piperazine rings is 1. The van der Waals surface area contributed by atoms with Crippen LogP contribution in [0.3, 0.4) is 0 Å². The number of hydrogen-bond donors (Lipinski definition) is 1. The van der Waals surface area contributed by atoms with Crippen LogP contribution in [0.5, 0.6) is 5.75 Å². The number of methoxy groups -OCH3 is 1. The van der Waals surface area contributed by atoms with Crippen LogP contribution in [-0.2, 0) is 24.8 Å². The highest BCUT2D eigenvalue weighted by Gasteiger charge is 2.43. The lowest BCUT2D eigenvalue weighted by atomic mass is 10.2. The quantitative estimate of drug-likeness (QED) is 0.305. The molecule has 3 aromatic carbocycles. The normalized spacial score (nSPS) is 17.4. The summed E-state index contributed by atoms with van der Waals surface area (Å²) in [6, 6.07) is 19.3. The topological polar surface area (TPSA) is 125 Å². The van der Waals surface area contributed by atoms with Gasteiger partial charge >= 0.3 is 0 Å². The molecule has 0 radical (unpaired) electrons. The van der Waals surface area contributed by atoms with Crippen molar-refractivity contribution in [3.8, 4) is 5.75 Å². The molecule has 0 aromatic heterocycles. The van der Waals surface area contributed by atoms with Gasteiger partial charge in [-0.1, -0.05) is 52.3 Å². The van der Waals surface area contributed by atoms with Crippen LogP contribution in [0, 0.1) is 0 Å². The number of hydrogen-bond acceptors (Lipinski definition) is 7. The highest BCUT2D eigenvalue weighted by Crippen LogP contribution is 2.26. The largest absolute Gasteiger partial charge is 0.496 e. The maximum absolute atomic E-state index is 13.5. The van der Waals surface area contributed by atoms with Gasteiger partial charge in [-0.15, -0.1) is 0 Å². The van der Waals surface area contributed by atoms with Crippen molar-refractivity contribution in [1.82, 2.24) is 14.0 Å². The summed E-state index contributed by atoms with van der Waals surface area (Å²) in [4.78, 5) is 13.4. The number of nitrogens with one attached hydrogen (secondary N) is 1. The first-order valence-electron chi connectivity index (χ1n) is 11.4. The summed E-state index contributed by atoms with van der Waals surface area (Å²) in [5, 5.41) is 3.99. The Morgan fingerprint density at radius 3 is 2.16 bits per heavy atom. The Balaban J connectivity index is 1.64. The van der Waals surface area contributed by atoms with E-state index in [1.54, 1.807) is 54.6 Å². The Kier molecular flexibility index (Phi) is 8.63. The third-order valence-corrected chi connectivity index (χ3v) is 10.2. The van der Waals surface area contributed by atoms with Gasteiger partial charge in [0.2, 0.25) is 20.0 Å². The van der Waals surface area contributed by atoms with Crippen molar-refractivity contribution in [3.63, 3.8) is 0 Å². The molecular weight excluding hydrogens is 596 g/mol. The van der Waals surface area contributed by atoms with Gasteiger partial charge in [0.25, 0.3) is 5.91 Å². The molecule has 0 bridgehead atoms. The predicted molar refractivity (Wildman–Crippen MR) is 146 cm³/mol. The Morgan fingerprint density at radius 1 is 0.947 bits per heavy atom. The second-order valence-electron chi connectivity index (χ2n) is 8.24. The monoisotopic (exact) mass is 620 g/mol. The highest BCUT2D eigenvalue weighted by atomic mass is 79.9. The molecule has 200 valence electrons. The van der Waals surface area contributed by atoms with Crippen LogP contribution in [-0.4, -0.2) is 70.4 Å². The average molecular weight is 622 g/mol. The molecular formula is C25H25BrN4O6S2. The second-order valence-corrected chi connectivity index (χ2v) is 13.0. The van der Waals surface area contributed by atoms with Crippen LogP contribution in [0.4, 0.5) is 0 Å². The van der Waals surface area contributed by atoms with Crippen molar-refractivity contribution < 1.29 is 26.4 Å². The van der Waals surface area contributed by atoms with E-state index in [0.29, 0.717) is 11.3 Å². The van der Waals surface area contributed by atoms with E-state index < -0.39 is 32.0 Å². The van der Waals surface area contributed by atoms with Crippen molar-refractivity contribution in [2.75, 3.05) is 26.7 Å². The molecule has 0 spiro atoms. The zero-order chi connectivity index (χ0) is 27.3. The van der Waals surface area contributed by atoms with E-state index in [0.717, 1.165) is 13.1 Å². The van der Waals surface area contributed by atoms with Crippen LogP contribution in [0.2, 0.25) is 0 Å². The number of nitrogens with zero attached hydrogens (tertiary/aromatic N) is 3. The molecule has 38 heavy (non-hydrogen) atoms. The fourth-order valence-corrected chi connectivity index (χ4v) is 7.41. The maximum Gasteiger partial charge on any atom is 0.259 e. The molecule has 10 nitrogen and oxygen atoms in total. The molecule has 1 aliphatic heterocycles. The summed E-state index contributed by atoms with van der Waals surface area (Å²) < 4.78 is 61.6. The van der Waals surface area contributed by atoms with Gasteiger partial charge in [0.05, 0.1) is 23.1 Å². The minimum atomic E-state index is -4.11. The summed E-state index contributed by atoms with van der Waals surface area (Å²) in [6.07, 6.45) is 1.36. The molecule has 1 N–H and O–H groups in total. The van der Waals surface area contributed by atoms with E-state index >= 15 is 0 Å². The molecule has 4 rings (SSSR count). The van der Waals surface area contributed by atoms with Gasteiger partial charge < -0.3 is 4.74 Å². The van der Waals surface area contributed by atoms with E-state index in [4.69, 9.17) is 4.74 Å². The first kappa shape index (κ1) is 27.9. The van der Waals surface area contributed by atoms with E-state index in [1.165, 1.54) is 37.6 Å². The number of carbonyl (C=O) groups excluding carboxylic acids is 1. The van der Waals surface area contributed by atoms with Crippen LogP contribution >= 0.6 is 15.9 Å². The standard InChI is InChI=1S/C25H25BrN4O6S2/c1-36-24-13-12-20(26)16-19(24)17-27-28-25(31)23-18-29(37(32,33)21-8-4-2-5-9-21)14-15-30(23)38(34,35)22-10-6-3-7-11-22/h2-13,16-17,23H,14-15,18H2,1H3,(H,28,31)/b27-17-/t23-/m1/s1. The molecule has 0 aliphatic carbocycles. The lowest BCUT2D eigenvalue weighted by Crippen LogP contribution is -2.60. The summed E-state index contributed by atoms with van der Waals surface area (Å²) in [6.45, 7) is -0.721. The third-order valence-electron chi connectivity index (χ3n) is 5.90. The van der Waals surface area contributed by atoms with E-state index in [-0.39, 0.29) is 29.4 Å². The third kappa shape index (κ3) is 5.97. The number of ether oxygens (including phenoxy) is 1. The van der Waals surface area contributed by atoms with Crippen molar-refractivity contribution in [2.45, 2.75) is 15.8 Å². The molecule has 0 unspecified atom stereocenters. The molecule has 3 aromatic rings. The molecule has 13 heteroatoms.